The lowest BCUT2D eigenvalue weighted by Gasteiger charge is -2.17. The fourth-order valence-corrected chi connectivity index (χ4v) is 1.46. The minimum Gasteiger partial charge on any atom is -0.405 e. The van der Waals surface area contributed by atoms with Crippen LogP contribution in [0.4, 0.5) is 13.2 Å². The average molecular weight is 245 g/mol. The summed E-state index contributed by atoms with van der Waals surface area (Å²) < 4.78 is 40.4. The van der Waals surface area contributed by atoms with Crippen molar-refractivity contribution in [3.05, 3.63) is 42.5 Å². The number of ether oxygens (including phenoxy) is 1. The number of para-hydroxylation sites is 1. The molecular formula is C12H14F3NO. The monoisotopic (exact) mass is 245 g/mol. The molecular weight excluding hydrogens is 231 g/mol. The van der Waals surface area contributed by atoms with Crippen molar-refractivity contribution in [2.24, 2.45) is 5.73 Å². The highest BCUT2D eigenvalue weighted by Crippen LogP contribution is 2.30. The van der Waals surface area contributed by atoms with Gasteiger partial charge >= 0.3 is 6.36 Å². The summed E-state index contributed by atoms with van der Waals surface area (Å²) in [6, 6.07) is 5.41. The smallest absolute Gasteiger partial charge is 0.405 e. The van der Waals surface area contributed by atoms with E-state index in [1.807, 2.05) is 0 Å². The Balaban J connectivity index is 2.87. The van der Waals surface area contributed by atoms with Gasteiger partial charge in [-0.05, 0) is 18.9 Å². The molecule has 94 valence electrons. The zero-order valence-corrected chi connectivity index (χ0v) is 9.20. The fraction of sp³-hybridized carbons (Fsp3) is 0.333. The van der Waals surface area contributed by atoms with Crippen LogP contribution in [-0.4, -0.2) is 6.36 Å². The quantitative estimate of drug-likeness (QED) is 0.805. The summed E-state index contributed by atoms with van der Waals surface area (Å²) in [4.78, 5) is 0. The molecule has 1 rings (SSSR count). The van der Waals surface area contributed by atoms with Crippen LogP contribution < -0.4 is 10.5 Å². The highest BCUT2D eigenvalue weighted by molar-refractivity contribution is 5.35. The van der Waals surface area contributed by atoms with E-state index in [-0.39, 0.29) is 5.75 Å². The third-order valence-electron chi connectivity index (χ3n) is 2.23. The van der Waals surface area contributed by atoms with Crippen LogP contribution in [-0.2, 0) is 0 Å². The molecule has 0 radical (unpaired) electrons. The molecule has 17 heavy (non-hydrogen) atoms. The van der Waals surface area contributed by atoms with Gasteiger partial charge in [0.2, 0.25) is 0 Å². The molecule has 2 N–H and O–H groups in total. The summed E-state index contributed by atoms with van der Waals surface area (Å²) in [6.45, 7) is 3.54. The van der Waals surface area contributed by atoms with Gasteiger partial charge in [-0.2, -0.15) is 0 Å². The number of halogens is 3. The first-order valence-corrected chi connectivity index (χ1v) is 5.15. The first kappa shape index (κ1) is 13.6. The Kier molecular flexibility index (Phi) is 4.57. The van der Waals surface area contributed by atoms with Gasteiger partial charge in [0.25, 0.3) is 0 Å². The fourth-order valence-electron chi connectivity index (χ4n) is 1.46. The lowest BCUT2D eigenvalue weighted by atomic mass is 10.0. The van der Waals surface area contributed by atoms with Crippen molar-refractivity contribution >= 4 is 0 Å². The third kappa shape index (κ3) is 4.48. The molecule has 1 aromatic rings. The number of hydrogen-bond donors (Lipinski definition) is 1. The maximum absolute atomic E-state index is 12.2. The second-order valence-electron chi connectivity index (χ2n) is 3.56. The van der Waals surface area contributed by atoms with Gasteiger partial charge in [0.05, 0.1) is 0 Å². The van der Waals surface area contributed by atoms with Gasteiger partial charge in [-0.15, -0.1) is 19.8 Å². The van der Waals surface area contributed by atoms with Crippen molar-refractivity contribution in [3.8, 4) is 5.75 Å². The summed E-state index contributed by atoms with van der Waals surface area (Å²) in [7, 11) is 0. The largest absolute Gasteiger partial charge is 0.573 e. The molecule has 0 amide bonds. The van der Waals surface area contributed by atoms with E-state index in [0.29, 0.717) is 18.4 Å². The molecule has 0 unspecified atom stereocenters. The van der Waals surface area contributed by atoms with Crippen molar-refractivity contribution in [2.45, 2.75) is 25.2 Å². The molecule has 2 nitrogen and oxygen atoms in total. The predicted octanol–water partition coefficient (Wildman–Crippen LogP) is 3.55. The predicted molar refractivity (Wildman–Crippen MR) is 59.5 cm³/mol. The zero-order valence-electron chi connectivity index (χ0n) is 9.20. The number of hydrogen-bond acceptors (Lipinski definition) is 2. The van der Waals surface area contributed by atoms with E-state index in [2.05, 4.69) is 11.3 Å². The second kappa shape index (κ2) is 5.72. The number of alkyl halides is 3. The van der Waals surface area contributed by atoms with Gasteiger partial charge in [-0.3, -0.25) is 0 Å². The van der Waals surface area contributed by atoms with Crippen LogP contribution in [0.2, 0.25) is 0 Å². The number of benzene rings is 1. The summed E-state index contributed by atoms with van der Waals surface area (Å²) in [5.74, 6) is -0.239. The summed E-state index contributed by atoms with van der Waals surface area (Å²) in [5.41, 5.74) is 6.16. The van der Waals surface area contributed by atoms with E-state index >= 15 is 0 Å². The molecule has 0 aliphatic carbocycles. The highest BCUT2D eigenvalue weighted by atomic mass is 19.4. The van der Waals surface area contributed by atoms with Gasteiger partial charge in [-0.1, -0.05) is 24.3 Å². The Morgan fingerprint density at radius 2 is 2.00 bits per heavy atom. The highest BCUT2D eigenvalue weighted by Gasteiger charge is 2.32. The second-order valence-corrected chi connectivity index (χ2v) is 3.56. The number of allylic oxidation sites excluding steroid dienone is 1. The number of rotatable bonds is 5. The molecule has 0 aliphatic heterocycles. The van der Waals surface area contributed by atoms with Crippen molar-refractivity contribution < 1.29 is 17.9 Å². The van der Waals surface area contributed by atoms with Gasteiger partial charge < -0.3 is 10.5 Å². The average Bonchev–Trinajstić information content (AvgIpc) is 2.24. The van der Waals surface area contributed by atoms with E-state index in [4.69, 9.17) is 5.73 Å². The van der Waals surface area contributed by atoms with Crippen LogP contribution >= 0.6 is 0 Å². The van der Waals surface area contributed by atoms with Crippen molar-refractivity contribution in [1.82, 2.24) is 0 Å². The molecule has 0 aliphatic rings. The van der Waals surface area contributed by atoms with Crippen LogP contribution in [0.1, 0.15) is 24.4 Å². The minimum absolute atomic E-state index is 0.239. The van der Waals surface area contributed by atoms with E-state index in [9.17, 15) is 13.2 Å². The molecule has 0 bridgehead atoms. The van der Waals surface area contributed by atoms with E-state index in [1.165, 1.54) is 18.2 Å². The minimum atomic E-state index is -4.70. The number of nitrogens with two attached hydrogens (primary N) is 1. The molecule has 1 aromatic carbocycles. The molecule has 0 saturated carbocycles. The van der Waals surface area contributed by atoms with Crippen molar-refractivity contribution in [3.63, 3.8) is 0 Å². The van der Waals surface area contributed by atoms with E-state index < -0.39 is 12.4 Å². The Morgan fingerprint density at radius 3 is 2.59 bits per heavy atom. The zero-order chi connectivity index (χ0) is 12.9. The Hall–Kier alpha value is -1.49. The van der Waals surface area contributed by atoms with Crippen LogP contribution in [0.15, 0.2) is 36.9 Å². The van der Waals surface area contributed by atoms with Gasteiger partial charge in [0.15, 0.2) is 0 Å². The van der Waals surface area contributed by atoms with Crippen LogP contribution in [0.5, 0.6) is 5.75 Å². The van der Waals surface area contributed by atoms with Crippen LogP contribution in [0, 0.1) is 0 Å². The van der Waals surface area contributed by atoms with Gasteiger partial charge in [0, 0.05) is 11.6 Å². The van der Waals surface area contributed by atoms with Crippen molar-refractivity contribution in [2.75, 3.05) is 0 Å². The lowest BCUT2D eigenvalue weighted by molar-refractivity contribution is -0.275. The van der Waals surface area contributed by atoms with Gasteiger partial charge in [0.1, 0.15) is 5.75 Å². The molecule has 1 atom stereocenters. The van der Waals surface area contributed by atoms with Gasteiger partial charge in [-0.25, -0.2) is 0 Å². The van der Waals surface area contributed by atoms with Crippen molar-refractivity contribution in [1.29, 1.82) is 0 Å². The lowest BCUT2D eigenvalue weighted by Crippen LogP contribution is -2.20. The first-order chi connectivity index (χ1) is 7.94. The van der Waals surface area contributed by atoms with E-state index in [0.717, 1.165) is 0 Å². The summed E-state index contributed by atoms with van der Waals surface area (Å²) in [6.07, 6.45) is -1.86. The van der Waals surface area contributed by atoms with Crippen LogP contribution in [0.3, 0.4) is 0 Å². The SMILES string of the molecule is C=CCC[C@H](N)c1ccccc1OC(F)(F)F. The third-order valence-corrected chi connectivity index (χ3v) is 2.23. The maximum Gasteiger partial charge on any atom is 0.573 e. The van der Waals surface area contributed by atoms with E-state index in [1.54, 1.807) is 12.1 Å². The first-order valence-electron chi connectivity index (χ1n) is 5.15. The van der Waals surface area contributed by atoms with Crippen LogP contribution in [0.25, 0.3) is 0 Å². The Bertz CT molecular complexity index is 376. The standard InChI is InChI=1S/C12H14F3NO/c1-2-3-7-10(16)9-6-4-5-8-11(9)17-12(13,14)15/h2,4-6,8,10H,1,3,7,16H2/t10-/m0/s1. The maximum atomic E-state index is 12.2. The molecule has 0 saturated heterocycles. The topological polar surface area (TPSA) is 35.2 Å². The summed E-state index contributed by atoms with van der Waals surface area (Å²) in [5, 5.41) is 0. The molecule has 0 spiro atoms. The summed E-state index contributed by atoms with van der Waals surface area (Å²) >= 11 is 0. The normalized spacial score (nSPS) is 13.2. The molecule has 0 heterocycles. The molecule has 5 heteroatoms. The Labute approximate surface area is 97.9 Å². The molecule has 0 fully saturated rings. The molecule has 0 aromatic heterocycles. The Morgan fingerprint density at radius 1 is 1.35 bits per heavy atom.